The molecular weight excluding hydrogens is 460 g/mol. The summed E-state index contributed by atoms with van der Waals surface area (Å²) in [7, 11) is 3.22. The van der Waals surface area contributed by atoms with Crippen LogP contribution in [0.15, 0.2) is 30.3 Å². The average Bonchev–Trinajstić information content (AvgIpc) is 3.33. The van der Waals surface area contributed by atoms with Gasteiger partial charge in [0.2, 0.25) is 5.91 Å². The maximum absolute atomic E-state index is 13.8. The Kier molecular flexibility index (Phi) is 10.8. The molecule has 2 N–H and O–H groups in total. The first kappa shape index (κ1) is 29.6. The van der Waals surface area contributed by atoms with Gasteiger partial charge >= 0.3 is 12.1 Å². The highest BCUT2D eigenvalue weighted by Gasteiger charge is 2.48. The van der Waals surface area contributed by atoms with Gasteiger partial charge in [0, 0.05) is 14.2 Å². The third kappa shape index (κ3) is 7.69. The number of methoxy groups -OCH3 is 1. The van der Waals surface area contributed by atoms with E-state index in [1.54, 1.807) is 11.9 Å². The maximum atomic E-state index is 13.8. The van der Waals surface area contributed by atoms with Crippen molar-refractivity contribution < 1.29 is 29.0 Å². The number of nitrogens with one attached hydrogen (secondary N) is 1. The fourth-order valence-corrected chi connectivity index (χ4v) is 5.35. The maximum Gasteiger partial charge on any atom is 0.408 e. The fourth-order valence-electron chi connectivity index (χ4n) is 5.35. The Morgan fingerprint density at radius 1 is 1.11 bits per heavy atom. The largest absolute Gasteiger partial charge is 0.481 e. The van der Waals surface area contributed by atoms with Crippen LogP contribution in [0.2, 0.25) is 0 Å². The Balaban J connectivity index is 2.27. The molecule has 1 saturated carbocycles. The second-order valence-electron chi connectivity index (χ2n) is 11.3. The van der Waals surface area contributed by atoms with Gasteiger partial charge in [-0.15, -0.1) is 0 Å². The normalized spacial score (nSPS) is 17.8. The molecule has 1 aromatic carbocycles. The number of carbonyl (C=O) groups excluding carboxylic acids is 2. The zero-order valence-electron chi connectivity index (χ0n) is 22.8. The molecule has 0 spiro atoms. The number of ether oxygens (including phenoxy) is 2. The average molecular weight is 505 g/mol. The van der Waals surface area contributed by atoms with Crippen molar-refractivity contribution in [3.05, 3.63) is 35.9 Å². The molecule has 0 heterocycles. The van der Waals surface area contributed by atoms with Gasteiger partial charge in [0.15, 0.2) is 0 Å². The Hall–Kier alpha value is -2.61. The first-order chi connectivity index (χ1) is 16.9. The van der Waals surface area contributed by atoms with Crippen LogP contribution >= 0.6 is 0 Å². The monoisotopic (exact) mass is 504 g/mol. The van der Waals surface area contributed by atoms with Crippen molar-refractivity contribution in [2.24, 2.45) is 23.2 Å². The molecule has 8 nitrogen and oxygen atoms in total. The van der Waals surface area contributed by atoms with E-state index in [0.29, 0.717) is 0 Å². The molecule has 1 aliphatic carbocycles. The van der Waals surface area contributed by atoms with Crippen LogP contribution in [0.3, 0.4) is 0 Å². The van der Waals surface area contributed by atoms with E-state index in [0.717, 1.165) is 31.2 Å². The number of carboxylic acid groups (broad SMARTS) is 1. The summed E-state index contributed by atoms with van der Waals surface area (Å²) in [6.45, 7) is 9.47. The number of nitrogens with zero attached hydrogens (tertiary/aromatic N) is 1. The quantitative estimate of drug-likeness (QED) is 0.452. The van der Waals surface area contributed by atoms with Gasteiger partial charge in [-0.1, -0.05) is 77.8 Å². The summed E-state index contributed by atoms with van der Waals surface area (Å²) in [6, 6.07) is 8.07. The zero-order valence-corrected chi connectivity index (χ0v) is 22.8. The number of carboxylic acids is 1. The number of benzene rings is 1. The van der Waals surface area contributed by atoms with Gasteiger partial charge < -0.3 is 24.8 Å². The summed E-state index contributed by atoms with van der Waals surface area (Å²) < 4.78 is 11.2. The first-order valence-electron chi connectivity index (χ1n) is 12.9. The Bertz CT molecular complexity index is 861. The minimum absolute atomic E-state index is 0.101. The third-order valence-electron chi connectivity index (χ3n) is 7.23. The van der Waals surface area contributed by atoms with Crippen molar-refractivity contribution in [2.75, 3.05) is 14.2 Å². The summed E-state index contributed by atoms with van der Waals surface area (Å²) in [6.07, 6.45) is 2.50. The molecule has 1 fully saturated rings. The van der Waals surface area contributed by atoms with Gasteiger partial charge in [-0.05, 0) is 35.7 Å². The lowest BCUT2D eigenvalue weighted by molar-refractivity contribution is -0.161. The highest BCUT2D eigenvalue weighted by molar-refractivity contribution is 5.86. The van der Waals surface area contributed by atoms with Gasteiger partial charge in [0.25, 0.3) is 0 Å². The van der Waals surface area contributed by atoms with Crippen molar-refractivity contribution >= 4 is 18.0 Å². The predicted molar refractivity (Wildman–Crippen MR) is 138 cm³/mol. The summed E-state index contributed by atoms with van der Waals surface area (Å²) in [5, 5.41) is 12.9. The number of hydrogen-bond acceptors (Lipinski definition) is 5. The number of rotatable bonds is 11. The molecule has 0 radical (unpaired) electrons. The fraction of sp³-hybridized carbons (Fsp3) is 0.679. The van der Waals surface area contributed by atoms with Crippen molar-refractivity contribution in [2.45, 2.75) is 85.1 Å². The van der Waals surface area contributed by atoms with Crippen molar-refractivity contribution in [3.63, 3.8) is 0 Å². The standard InChI is InChI=1S/C28H44N2O6/c1-18(2)22(29-27(34)36-17-19-13-9-8-10-14-19)25(31)30(6)23(20-15-11-12-16-20)24(35-7)21(26(32)33)28(3,4)5/h8-10,13-14,18,20-24H,11-12,15-17H2,1-7H3,(H,29,34)(H,32,33)/t21?,22-,23-,24+/m0/s1. The van der Waals surface area contributed by atoms with Crippen molar-refractivity contribution in [3.8, 4) is 0 Å². The van der Waals surface area contributed by atoms with E-state index in [2.05, 4.69) is 5.32 Å². The van der Waals surface area contributed by atoms with E-state index in [-0.39, 0.29) is 24.3 Å². The molecule has 2 amide bonds. The van der Waals surface area contributed by atoms with E-state index in [1.807, 2.05) is 65.0 Å². The van der Waals surface area contributed by atoms with Crippen LogP contribution in [0.1, 0.15) is 65.9 Å². The number of aliphatic carboxylic acids is 1. The highest BCUT2D eigenvalue weighted by Crippen LogP contribution is 2.39. The molecule has 0 bridgehead atoms. The summed E-state index contributed by atoms with van der Waals surface area (Å²) >= 11 is 0. The lowest BCUT2D eigenvalue weighted by Crippen LogP contribution is -2.60. The van der Waals surface area contributed by atoms with E-state index >= 15 is 0 Å². The number of likely N-dealkylation sites (N-methyl/N-ethyl adjacent to an activating group) is 1. The molecule has 0 saturated heterocycles. The van der Waals surface area contributed by atoms with Gasteiger partial charge in [-0.2, -0.15) is 0 Å². The van der Waals surface area contributed by atoms with Crippen LogP contribution in [0.25, 0.3) is 0 Å². The number of alkyl carbamates (subject to hydrolysis) is 1. The second kappa shape index (κ2) is 13.1. The van der Waals surface area contributed by atoms with Gasteiger partial charge in [-0.3, -0.25) is 9.59 Å². The Morgan fingerprint density at radius 3 is 2.17 bits per heavy atom. The first-order valence-corrected chi connectivity index (χ1v) is 12.9. The summed E-state index contributed by atoms with van der Waals surface area (Å²) in [5.74, 6) is -2.12. The minimum Gasteiger partial charge on any atom is -0.481 e. The SMILES string of the molecule is CO[C@H](C(C(=O)O)C(C)(C)C)[C@H](C1CCCC1)N(C)C(=O)[C@@H](NC(=O)OCc1ccccc1)C(C)C. The van der Waals surface area contributed by atoms with Gasteiger partial charge in [0.1, 0.15) is 12.6 Å². The molecule has 8 heteroatoms. The van der Waals surface area contributed by atoms with E-state index < -0.39 is 41.6 Å². The highest BCUT2D eigenvalue weighted by atomic mass is 16.5. The zero-order chi connectivity index (χ0) is 27.0. The second-order valence-corrected chi connectivity index (χ2v) is 11.3. The Morgan fingerprint density at radius 2 is 1.69 bits per heavy atom. The predicted octanol–water partition coefficient (Wildman–Crippen LogP) is 4.72. The van der Waals surface area contributed by atoms with Gasteiger partial charge in [-0.25, -0.2) is 4.79 Å². The summed E-state index contributed by atoms with van der Waals surface area (Å²) in [5.41, 5.74) is 0.271. The smallest absolute Gasteiger partial charge is 0.408 e. The minimum atomic E-state index is -0.943. The van der Waals surface area contributed by atoms with Crippen LogP contribution in [0, 0.1) is 23.2 Å². The molecule has 1 aliphatic rings. The van der Waals surface area contributed by atoms with Crippen LogP contribution < -0.4 is 5.32 Å². The molecular formula is C28H44N2O6. The number of hydrogen-bond donors (Lipinski definition) is 2. The molecule has 202 valence electrons. The molecule has 4 atom stereocenters. The number of carbonyl (C=O) groups is 3. The molecule has 2 rings (SSSR count). The van der Waals surface area contributed by atoms with Crippen LogP contribution in [-0.2, 0) is 25.7 Å². The molecule has 0 aliphatic heterocycles. The molecule has 1 aromatic rings. The van der Waals surface area contributed by atoms with Crippen LogP contribution in [0.5, 0.6) is 0 Å². The molecule has 36 heavy (non-hydrogen) atoms. The van der Waals surface area contributed by atoms with Gasteiger partial charge in [0.05, 0.1) is 18.1 Å². The topological polar surface area (TPSA) is 105 Å². The third-order valence-corrected chi connectivity index (χ3v) is 7.23. The van der Waals surface area contributed by atoms with Crippen LogP contribution in [0.4, 0.5) is 4.79 Å². The lowest BCUT2D eigenvalue weighted by atomic mass is 9.72. The summed E-state index contributed by atoms with van der Waals surface area (Å²) in [4.78, 5) is 40.4. The lowest BCUT2D eigenvalue weighted by Gasteiger charge is -2.44. The van der Waals surface area contributed by atoms with Crippen molar-refractivity contribution in [1.29, 1.82) is 0 Å². The Labute approximate surface area is 215 Å². The van der Waals surface area contributed by atoms with Crippen molar-refractivity contribution in [1.82, 2.24) is 10.2 Å². The molecule has 0 aromatic heterocycles. The van der Waals surface area contributed by atoms with E-state index in [9.17, 15) is 19.5 Å². The van der Waals surface area contributed by atoms with E-state index in [1.165, 1.54) is 7.11 Å². The van der Waals surface area contributed by atoms with E-state index in [4.69, 9.17) is 9.47 Å². The number of amides is 2. The molecule has 1 unspecified atom stereocenters. The van der Waals surface area contributed by atoms with Crippen LogP contribution in [-0.4, -0.2) is 60.3 Å².